The fourth-order valence-corrected chi connectivity index (χ4v) is 20.8. The zero-order valence-corrected chi connectivity index (χ0v) is 80.6. The lowest BCUT2D eigenvalue weighted by Gasteiger charge is -2.28. The van der Waals surface area contributed by atoms with Crippen molar-refractivity contribution in [3.05, 3.63) is 468 Å². The summed E-state index contributed by atoms with van der Waals surface area (Å²) >= 11 is 5.41. The first kappa shape index (κ1) is 101. The number of benzene rings is 14. The zero-order valence-electron chi connectivity index (χ0n) is 77.4. The van der Waals surface area contributed by atoms with Crippen molar-refractivity contribution in [2.75, 3.05) is 7.11 Å². The molecule has 4 atom stereocenters. The highest BCUT2D eigenvalue weighted by molar-refractivity contribution is 8.15. The predicted molar refractivity (Wildman–Crippen MR) is 546 cm³/mol. The van der Waals surface area contributed by atoms with Gasteiger partial charge in [-0.05, 0) is 237 Å². The molecule has 0 spiro atoms. The number of carbonyl (C=O) groups excluding carboxylic acids is 7. The molecule has 144 heavy (non-hydrogen) atoms. The third kappa shape index (κ3) is 24.3. The van der Waals surface area contributed by atoms with Gasteiger partial charge in [0, 0.05) is 83.8 Å². The maximum atomic E-state index is 13.9. The average molecular weight is 2010 g/mol. The molecule has 0 bridgehead atoms. The molecule has 1 fully saturated rings. The van der Waals surface area contributed by atoms with E-state index in [1.54, 1.807) is 126 Å². The SMILES string of the molecule is COc1cc(C)ccc1C1SC(c2ccc(F)cc2)=NN1C(=O)c1cccc(F)c1O.Cc1ccccc1C(=O)N1N=C(c2ccc(F)cc2)SC1c1ccccc1OCc1ccccc1C(N)=O.NC(=O)c1cccc(COc2ccccc2C2SC(c3ccc(F)cc3)=NN2C(=O)C2CCCCC2)c1.NC(=O)c1cccc(COc2ccccc2C2SC(c3ccc(F)cc3)=NN2C(=O)c2cccc(F)c2)c1. The first-order chi connectivity index (χ1) is 69.7. The van der Waals surface area contributed by atoms with Crippen LogP contribution in [0.25, 0.3) is 0 Å². The molecule has 1 saturated carbocycles. The number of carbonyl (C=O) groups is 7. The van der Waals surface area contributed by atoms with Gasteiger partial charge in [0.1, 0.15) is 114 Å². The van der Waals surface area contributed by atoms with Crippen molar-refractivity contribution in [3.8, 4) is 28.7 Å². The summed E-state index contributed by atoms with van der Waals surface area (Å²) in [6, 6.07) is 88.9. The lowest BCUT2D eigenvalue weighted by Crippen LogP contribution is -2.33. The molecule has 1 aliphatic carbocycles. The molecule has 4 aliphatic heterocycles. The normalized spacial score (nSPS) is 15.8. The Balaban J connectivity index is 0.000000138. The van der Waals surface area contributed by atoms with Crippen molar-refractivity contribution < 1.29 is 84.0 Å². The monoisotopic (exact) mass is 2010 g/mol. The van der Waals surface area contributed by atoms with Crippen molar-refractivity contribution in [3.63, 3.8) is 0 Å². The van der Waals surface area contributed by atoms with Crippen LogP contribution in [0.1, 0.15) is 188 Å². The standard InChI is InChI=1S/C30H24FN3O3S.C29H21F2N3O3S.C29H28FN3O3S.C23H18F2N2O3S/c1-19-8-2-4-10-23(19)29(36)34-30(38-28(33-34)20-14-16-22(31)17-15-20)25-12-6-7-13-26(25)37-18-21-9-3-5-11-24(21)27(32)35;30-22-13-11-19(12-14-22)27-33-34(28(36)21-7-4-8-23(31)16-21)29(38-27)24-9-1-2-10-25(24)37-17-18-5-3-6-20(15-18)26(32)35;30-23-15-13-20(14-16-23)27-32-33(28(35)21-8-2-1-3-9-21)29(37-27)24-11-4-5-12-25(24)36-18-19-7-6-10-22(17-19)26(31)34;1-13-6-11-16(19(12-13)30-2)23-27(22(29)17-4-3-5-18(25)20(17)28)26-21(31-23)14-7-9-15(24)10-8-14/h2-17,30H,18H2,1H3,(H2,32,35);1-16,29H,17H2,(H2,32,35);4-7,10-17,21,29H,1-3,8-9,18H2,(H2,31,34);3-12,23,28H,1-2H3. The summed E-state index contributed by atoms with van der Waals surface area (Å²) in [5.74, 6) is -4.42. The number of nitrogens with two attached hydrogens (primary N) is 3. The minimum atomic E-state index is -0.898. The van der Waals surface area contributed by atoms with Gasteiger partial charge in [-0.2, -0.15) is 20.4 Å². The van der Waals surface area contributed by atoms with Crippen LogP contribution in [0.5, 0.6) is 28.7 Å². The minimum Gasteiger partial charge on any atom is -0.504 e. The number of aromatic hydroxyl groups is 1. The Bertz CT molecular complexity index is 7290. The first-order valence-corrected chi connectivity index (χ1v) is 48.8. The van der Waals surface area contributed by atoms with Gasteiger partial charge in [-0.3, -0.25) is 33.6 Å². The number of thioether (sulfide) groups is 4. The van der Waals surface area contributed by atoms with Gasteiger partial charge in [0.25, 0.3) is 17.7 Å². The van der Waals surface area contributed by atoms with Crippen molar-refractivity contribution in [2.24, 2.45) is 43.5 Å². The molecule has 14 aromatic carbocycles. The van der Waals surface area contributed by atoms with E-state index < -0.39 is 68.4 Å². The van der Waals surface area contributed by atoms with E-state index in [0.29, 0.717) is 98.8 Å². The second-order valence-electron chi connectivity index (χ2n) is 33.3. The number of amides is 7. The maximum absolute atomic E-state index is 13.9. The summed E-state index contributed by atoms with van der Waals surface area (Å²) < 4.78 is 106. The highest BCUT2D eigenvalue weighted by Crippen LogP contribution is 2.51. The van der Waals surface area contributed by atoms with E-state index in [2.05, 4.69) is 15.3 Å². The van der Waals surface area contributed by atoms with E-state index in [1.165, 1.54) is 148 Å². The number of hydrogen-bond acceptors (Lipinski definition) is 20. The number of nitrogens with zero attached hydrogens (tertiary/aromatic N) is 8. The molecule has 728 valence electrons. The smallest absolute Gasteiger partial charge is 0.279 e. The Hall–Kier alpha value is -16.0. The number of hydrazone groups is 4. The number of aryl methyl sites for hydroxylation is 2. The van der Waals surface area contributed by atoms with Crippen LogP contribution in [0, 0.1) is 54.7 Å². The third-order valence-electron chi connectivity index (χ3n) is 23.5. The third-order valence-corrected chi connectivity index (χ3v) is 28.4. The van der Waals surface area contributed by atoms with Crippen LogP contribution in [0.15, 0.2) is 348 Å². The molecule has 33 heteroatoms. The Morgan fingerprint density at radius 2 is 0.722 bits per heavy atom. The quantitative estimate of drug-likeness (QED) is 0.0386. The number of primary amides is 3. The summed E-state index contributed by atoms with van der Waals surface area (Å²) in [5, 5.41) is 34.0. The lowest BCUT2D eigenvalue weighted by atomic mass is 9.88. The number of para-hydroxylation sites is 4. The van der Waals surface area contributed by atoms with Crippen LogP contribution in [0.3, 0.4) is 0 Å². The Morgan fingerprint density at radius 1 is 0.347 bits per heavy atom. The van der Waals surface area contributed by atoms with Gasteiger partial charge in [-0.1, -0.05) is 206 Å². The number of methoxy groups -OCH3 is 1. The van der Waals surface area contributed by atoms with Crippen molar-refractivity contribution in [1.29, 1.82) is 0 Å². The number of phenols is 1. The molecule has 19 rings (SSSR count). The number of halogens is 6. The van der Waals surface area contributed by atoms with E-state index in [1.807, 2.05) is 129 Å². The molecule has 0 radical (unpaired) electrons. The molecular formula is C111H91F6N11O12S4. The average Bonchev–Trinajstić information content (AvgIpc) is 1.62. The van der Waals surface area contributed by atoms with Crippen molar-refractivity contribution in [1.82, 2.24) is 20.0 Å². The molecule has 5 aliphatic rings. The number of rotatable bonds is 25. The van der Waals surface area contributed by atoms with E-state index in [0.717, 1.165) is 83.2 Å². The van der Waals surface area contributed by atoms with Crippen LogP contribution in [0.4, 0.5) is 26.3 Å². The number of ether oxygens (including phenoxy) is 4. The second-order valence-corrected chi connectivity index (χ2v) is 37.6. The van der Waals surface area contributed by atoms with Gasteiger partial charge in [0.2, 0.25) is 23.6 Å². The van der Waals surface area contributed by atoms with Gasteiger partial charge in [0.15, 0.2) is 11.6 Å². The Morgan fingerprint density at radius 3 is 1.17 bits per heavy atom. The molecule has 7 amide bonds. The summed E-state index contributed by atoms with van der Waals surface area (Å²) in [4.78, 5) is 89.2. The van der Waals surface area contributed by atoms with Crippen molar-refractivity contribution >= 4 is 109 Å². The van der Waals surface area contributed by atoms with Gasteiger partial charge < -0.3 is 41.3 Å². The molecule has 0 aromatic heterocycles. The molecule has 7 N–H and O–H groups in total. The van der Waals surface area contributed by atoms with E-state index in [9.17, 15) is 65.0 Å². The van der Waals surface area contributed by atoms with Gasteiger partial charge in [-0.15, -0.1) is 0 Å². The molecule has 4 unspecified atom stereocenters. The van der Waals surface area contributed by atoms with Crippen molar-refractivity contribution in [2.45, 2.75) is 87.3 Å². The molecule has 14 aromatic rings. The number of hydrogen-bond donors (Lipinski definition) is 4. The van der Waals surface area contributed by atoms with E-state index in [-0.39, 0.29) is 71.9 Å². The van der Waals surface area contributed by atoms with Crippen LogP contribution in [-0.2, 0) is 24.6 Å². The molecule has 0 saturated heterocycles. The van der Waals surface area contributed by atoms with Gasteiger partial charge >= 0.3 is 0 Å². The summed E-state index contributed by atoms with van der Waals surface area (Å²) in [6.45, 7) is 4.30. The first-order valence-electron chi connectivity index (χ1n) is 45.3. The predicted octanol–water partition coefficient (Wildman–Crippen LogP) is 23.2. The van der Waals surface area contributed by atoms with Gasteiger partial charge in [-0.25, -0.2) is 46.4 Å². The van der Waals surface area contributed by atoms with Crippen LogP contribution < -0.4 is 36.1 Å². The van der Waals surface area contributed by atoms with E-state index in [4.69, 9.17) is 41.2 Å². The summed E-state index contributed by atoms with van der Waals surface area (Å²) in [6.07, 6.45) is 4.96. The highest BCUT2D eigenvalue weighted by atomic mass is 32.2. The maximum Gasteiger partial charge on any atom is 0.279 e. The van der Waals surface area contributed by atoms with Crippen LogP contribution in [-0.4, -0.2) is 93.8 Å². The molecule has 4 heterocycles. The Labute approximate surface area is 841 Å². The topological polar surface area (TPSA) is 317 Å². The second kappa shape index (κ2) is 46.6. The molecule has 23 nitrogen and oxygen atoms in total. The van der Waals surface area contributed by atoms with Crippen LogP contribution >= 0.6 is 47.0 Å². The summed E-state index contributed by atoms with van der Waals surface area (Å²) in [7, 11) is 1.53. The fraction of sp³-hybridized carbons (Fsp3) is 0.144. The largest absolute Gasteiger partial charge is 0.504 e. The number of phenolic OH excluding ortho intramolecular Hbond substituents is 1. The van der Waals surface area contributed by atoms with Crippen LogP contribution in [0.2, 0.25) is 0 Å². The van der Waals surface area contributed by atoms with Gasteiger partial charge in [0.05, 0.1) is 12.7 Å². The lowest BCUT2D eigenvalue weighted by molar-refractivity contribution is -0.137. The summed E-state index contributed by atoms with van der Waals surface area (Å²) in [5.41, 5.74) is 27.6. The zero-order chi connectivity index (χ0) is 101. The Kier molecular flexibility index (Phi) is 32.7. The minimum absolute atomic E-state index is 0.0123. The highest BCUT2D eigenvalue weighted by Gasteiger charge is 2.43. The molecular weight excluding hydrogens is 1920 g/mol. The van der Waals surface area contributed by atoms with E-state index >= 15 is 0 Å². The fourth-order valence-electron chi connectivity index (χ4n) is 16.1.